The molecule has 0 aromatic heterocycles. The summed E-state index contributed by atoms with van der Waals surface area (Å²) in [4.78, 5) is 26.0. The van der Waals surface area contributed by atoms with Crippen LogP contribution in [0.15, 0.2) is 36.5 Å². The quantitative estimate of drug-likeness (QED) is 0.0323. The van der Waals surface area contributed by atoms with Crippen molar-refractivity contribution in [2.24, 2.45) is 0 Å². The minimum atomic E-state index is -0.811. The first-order valence-electron chi connectivity index (χ1n) is 25.7. The molecule has 346 valence electrons. The molecule has 1 amide bonds. The number of aliphatic hydroxyl groups excluding tert-OH is 2. The highest BCUT2D eigenvalue weighted by Gasteiger charge is 2.23. The van der Waals surface area contributed by atoms with Crippen molar-refractivity contribution in [2.75, 3.05) is 6.61 Å². The fourth-order valence-corrected chi connectivity index (χ4v) is 7.74. The van der Waals surface area contributed by atoms with Gasteiger partial charge in [0.15, 0.2) is 0 Å². The van der Waals surface area contributed by atoms with Gasteiger partial charge in [-0.1, -0.05) is 225 Å². The second kappa shape index (κ2) is 47.1. The molecule has 0 aliphatic carbocycles. The zero-order valence-corrected chi connectivity index (χ0v) is 39.4. The topological polar surface area (TPSA) is 95.9 Å². The van der Waals surface area contributed by atoms with Gasteiger partial charge in [-0.2, -0.15) is 0 Å². The Bertz CT molecular complexity index is 977. The van der Waals surface area contributed by atoms with Crippen LogP contribution in [0.1, 0.15) is 265 Å². The monoisotopic (exact) mass is 830 g/mol. The normalized spacial score (nSPS) is 13.5. The lowest BCUT2D eigenvalue weighted by atomic mass is 10.0. The van der Waals surface area contributed by atoms with Crippen LogP contribution in [0.4, 0.5) is 0 Å². The van der Waals surface area contributed by atoms with Gasteiger partial charge in [0.1, 0.15) is 6.10 Å². The zero-order valence-electron chi connectivity index (χ0n) is 39.4. The highest BCUT2D eigenvalue weighted by molar-refractivity contribution is 5.78. The molecule has 0 radical (unpaired) electrons. The van der Waals surface area contributed by atoms with Crippen molar-refractivity contribution >= 4 is 11.9 Å². The van der Waals surface area contributed by atoms with Crippen molar-refractivity contribution in [1.29, 1.82) is 0 Å². The molecule has 0 aromatic carbocycles. The molecule has 0 heterocycles. The standard InChI is InChI=1S/C53H99NO5/c1-4-7-10-13-16-19-22-24-25-26-28-30-33-36-39-42-45-51(56)50(48-55)54-52(57)47-49(44-41-38-35-32-29-21-18-15-12-9-6-3)59-53(58)46-43-40-37-34-31-27-23-20-17-14-11-8-5-2/h27,31-32,35,41,44,49-51,55-56H,4-26,28-30,33-34,36-40,42-43,45-48H2,1-3H3,(H,54,57)/b31-27-,35-32-,44-41+. The average molecular weight is 830 g/mol. The third kappa shape index (κ3) is 42.6. The third-order valence-corrected chi connectivity index (χ3v) is 11.7. The SMILES string of the molecule is CCCCCCCC/C=C\C/C=C/C(CC(=O)NC(CO)C(O)CCCCCCCCCCCCCCCCCC)OC(=O)CCCCC/C=C\CCCCCCCC. The van der Waals surface area contributed by atoms with Crippen molar-refractivity contribution in [3.63, 3.8) is 0 Å². The van der Waals surface area contributed by atoms with Gasteiger partial charge in [0, 0.05) is 6.42 Å². The highest BCUT2D eigenvalue weighted by atomic mass is 16.5. The molecule has 0 saturated heterocycles. The Hall–Kier alpha value is -1.92. The van der Waals surface area contributed by atoms with Crippen LogP contribution in [-0.4, -0.2) is 46.9 Å². The molecule has 3 atom stereocenters. The van der Waals surface area contributed by atoms with E-state index in [1.807, 2.05) is 12.2 Å². The number of allylic oxidation sites excluding steroid dienone is 5. The maximum Gasteiger partial charge on any atom is 0.306 e. The van der Waals surface area contributed by atoms with E-state index in [0.717, 1.165) is 64.2 Å². The van der Waals surface area contributed by atoms with Crippen LogP contribution < -0.4 is 5.32 Å². The molecule has 0 rings (SSSR count). The van der Waals surface area contributed by atoms with Gasteiger partial charge < -0.3 is 20.3 Å². The van der Waals surface area contributed by atoms with E-state index in [2.05, 4.69) is 50.4 Å². The summed E-state index contributed by atoms with van der Waals surface area (Å²) in [6.45, 7) is 6.44. The molecule has 0 aromatic rings. The minimum absolute atomic E-state index is 0.0324. The predicted molar refractivity (Wildman–Crippen MR) is 255 cm³/mol. The van der Waals surface area contributed by atoms with Gasteiger partial charge in [-0.15, -0.1) is 0 Å². The van der Waals surface area contributed by atoms with E-state index in [-0.39, 0.29) is 24.9 Å². The Morgan fingerprint density at radius 1 is 0.508 bits per heavy atom. The number of hydrogen-bond acceptors (Lipinski definition) is 5. The van der Waals surface area contributed by atoms with E-state index < -0.39 is 18.2 Å². The number of esters is 1. The van der Waals surface area contributed by atoms with Crippen LogP contribution >= 0.6 is 0 Å². The molecule has 6 nitrogen and oxygen atoms in total. The number of carbonyl (C=O) groups is 2. The Morgan fingerprint density at radius 2 is 0.898 bits per heavy atom. The largest absolute Gasteiger partial charge is 0.458 e. The van der Waals surface area contributed by atoms with Crippen LogP contribution in [-0.2, 0) is 14.3 Å². The lowest BCUT2D eigenvalue weighted by molar-refractivity contribution is -0.148. The molecule has 59 heavy (non-hydrogen) atoms. The molecule has 3 N–H and O–H groups in total. The van der Waals surface area contributed by atoms with Gasteiger partial charge >= 0.3 is 5.97 Å². The summed E-state index contributed by atoms with van der Waals surface area (Å²) in [6.07, 6.45) is 55.2. The number of aliphatic hydroxyl groups is 2. The van der Waals surface area contributed by atoms with E-state index in [1.54, 1.807) is 0 Å². The van der Waals surface area contributed by atoms with Gasteiger partial charge in [0.2, 0.25) is 5.91 Å². The van der Waals surface area contributed by atoms with Crippen molar-refractivity contribution in [3.8, 4) is 0 Å². The molecule has 0 bridgehead atoms. The first-order chi connectivity index (χ1) is 29.0. The number of amides is 1. The predicted octanol–water partition coefficient (Wildman–Crippen LogP) is 15.3. The number of carbonyl (C=O) groups excluding carboxylic acids is 2. The van der Waals surface area contributed by atoms with Crippen molar-refractivity contribution in [2.45, 2.75) is 283 Å². The van der Waals surface area contributed by atoms with E-state index in [0.29, 0.717) is 12.8 Å². The maximum absolute atomic E-state index is 13.1. The fraction of sp³-hybridized carbons (Fsp3) is 0.849. The molecule has 0 aliphatic rings. The molecule has 0 spiro atoms. The summed E-state index contributed by atoms with van der Waals surface area (Å²) in [6, 6.07) is -0.732. The summed E-state index contributed by atoms with van der Waals surface area (Å²) in [5, 5.41) is 23.7. The van der Waals surface area contributed by atoms with Crippen molar-refractivity contribution in [3.05, 3.63) is 36.5 Å². The smallest absolute Gasteiger partial charge is 0.306 e. The third-order valence-electron chi connectivity index (χ3n) is 11.7. The van der Waals surface area contributed by atoms with E-state index in [4.69, 9.17) is 4.74 Å². The Kier molecular flexibility index (Phi) is 45.6. The zero-order chi connectivity index (χ0) is 43.1. The number of unbranched alkanes of at least 4 members (excludes halogenated alkanes) is 30. The molecule has 0 saturated carbocycles. The van der Waals surface area contributed by atoms with Gasteiger partial charge in [-0.3, -0.25) is 9.59 Å². The lowest BCUT2D eigenvalue weighted by Gasteiger charge is -2.23. The minimum Gasteiger partial charge on any atom is -0.458 e. The Balaban J connectivity index is 4.57. The Morgan fingerprint density at radius 3 is 1.34 bits per heavy atom. The molecule has 6 heteroatoms. The number of hydrogen-bond donors (Lipinski definition) is 3. The van der Waals surface area contributed by atoms with Gasteiger partial charge in [0.05, 0.1) is 25.2 Å². The summed E-state index contributed by atoms with van der Waals surface area (Å²) in [7, 11) is 0. The van der Waals surface area contributed by atoms with Crippen LogP contribution in [0.2, 0.25) is 0 Å². The second-order valence-electron chi connectivity index (χ2n) is 17.6. The summed E-state index contributed by atoms with van der Waals surface area (Å²) in [5.41, 5.74) is 0. The highest BCUT2D eigenvalue weighted by Crippen LogP contribution is 2.16. The van der Waals surface area contributed by atoms with Crippen LogP contribution in [0, 0.1) is 0 Å². The van der Waals surface area contributed by atoms with Gasteiger partial charge in [-0.05, 0) is 63.9 Å². The first kappa shape index (κ1) is 57.1. The molecule has 0 aliphatic heterocycles. The van der Waals surface area contributed by atoms with E-state index in [9.17, 15) is 19.8 Å². The Labute approximate surface area is 366 Å². The molecule has 0 fully saturated rings. The second-order valence-corrected chi connectivity index (χ2v) is 17.6. The van der Waals surface area contributed by atoms with Crippen LogP contribution in [0.25, 0.3) is 0 Å². The van der Waals surface area contributed by atoms with Gasteiger partial charge in [0.25, 0.3) is 0 Å². The number of nitrogens with one attached hydrogen (secondary N) is 1. The first-order valence-corrected chi connectivity index (χ1v) is 25.7. The van der Waals surface area contributed by atoms with E-state index in [1.165, 1.54) is 161 Å². The number of ether oxygens (including phenoxy) is 1. The molecular formula is C53H99NO5. The summed E-state index contributed by atoms with van der Waals surface area (Å²) >= 11 is 0. The summed E-state index contributed by atoms with van der Waals surface area (Å²) < 4.78 is 5.81. The summed E-state index contributed by atoms with van der Waals surface area (Å²) in [5.74, 6) is -0.615. The maximum atomic E-state index is 13.1. The fourth-order valence-electron chi connectivity index (χ4n) is 7.74. The molecular weight excluding hydrogens is 731 g/mol. The number of rotatable bonds is 46. The van der Waals surface area contributed by atoms with Crippen LogP contribution in [0.5, 0.6) is 0 Å². The molecule has 3 unspecified atom stereocenters. The van der Waals surface area contributed by atoms with Crippen molar-refractivity contribution in [1.82, 2.24) is 5.32 Å². The lowest BCUT2D eigenvalue weighted by Crippen LogP contribution is -2.46. The van der Waals surface area contributed by atoms with Gasteiger partial charge in [-0.25, -0.2) is 0 Å². The van der Waals surface area contributed by atoms with Crippen LogP contribution in [0.3, 0.4) is 0 Å². The van der Waals surface area contributed by atoms with Crippen molar-refractivity contribution < 1.29 is 24.5 Å². The van der Waals surface area contributed by atoms with E-state index >= 15 is 0 Å². The average Bonchev–Trinajstić information content (AvgIpc) is 3.23.